The minimum atomic E-state index is -4.64. The first kappa shape index (κ1) is 18.9. The summed E-state index contributed by atoms with van der Waals surface area (Å²) in [5.74, 6) is -1.28. The van der Waals surface area contributed by atoms with E-state index in [1.54, 1.807) is 0 Å². The second-order valence-electron chi connectivity index (χ2n) is 5.02. The van der Waals surface area contributed by atoms with E-state index in [4.69, 9.17) is 5.11 Å². The monoisotopic (exact) mass is 372 g/mol. The molecule has 25 heavy (non-hydrogen) atoms. The minimum absolute atomic E-state index is 0.0582. The van der Waals surface area contributed by atoms with Crippen LogP contribution in [0.3, 0.4) is 0 Å². The number of hydrogen-bond donors (Lipinski definition) is 1. The van der Waals surface area contributed by atoms with Crippen molar-refractivity contribution >= 4 is 28.6 Å². The number of anilines is 2. The molecule has 0 spiro atoms. The molecule has 0 aliphatic rings. The molecule has 0 fully saturated rings. The number of carboxylic acid groups (broad SMARTS) is 1. The highest BCUT2D eigenvalue weighted by Gasteiger charge is 2.34. The molecule has 0 aliphatic carbocycles. The molecule has 2 aromatic carbocycles. The van der Waals surface area contributed by atoms with Crippen LogP contribution < -0.4 is 4.31 Å². The van der Waals surface area contributed by atoms with E-state index in [9.17, 15) is 26.7 Å². The van der Waals surface area contributed by atoms with E-state index in [2.05, 4.69) is 0 Å². The number of halogens is 3. The SMILES string of the molecule is CCc1c(N(c2cccc(C(=O)O)c2)S(=O)[O-])cccc1C(F)(F)F. The van der Waals surface area contributed by atoms with Crippen molar-refractivity contribution in [3.8, 4) is 0 Å². The first-order valence-corrected chi connectivity index (χ1v) is 8.12. The molecule has 2 aromatic rings. The lowest BCUT2D eigenvalue weighted by Gasteiger charge is -2.29. The molecule has 1 atom stereocenters. The highest BCUT2D eigenvalue weighted by atomic mass is 32.2. The quantitative estimate of drug-likeness (QED) is 0.807. The van der Waals surface area contributed by atoms with Gasteiger partial charge in [-0.05, 0) is 42.3 Å². The van der Waals surface area contributed by atoms with Crippen molar-refractivity contribution in [2.75, 3.05) is 4.31 Å². The summed E-state index contributed by atoms with van der Waals surface area (Å²) < 4.78 is 63.7. The predicted octanol–water partition coefficient (Wildman–Crippen LogP) is 3.90. The van der Waals surface area contributed by atoms with Crippen molar-refractivity contribution in [3.63, 3.8) is 0 Å². The average molecular weight is 372 g/mol. The smallest absolute Gasteiger partial charge is 0.416 e. The summed E-state index contributed by atoms with van der Waals surface area (Å²) in [7, 11) is 0. The maximum atomic E-state index is 13.2. The van der Waals surface area contributed by atoms with Crippen LogP contribution in [0.15, 0.2) is 42.5 Å². The van der Waals surface area contributed by atoms with Gasteiger partial charge in [-0.1, -0.05) is 19.1 Å². The summed E-state index contributed by atoms with van der Waals surface area (Å²) in [6.07, 6.45) is -4.70. The Balaban J connectivity index is 2.69. The lowest BCUT2D eigenvalue weighted by molar-refractivity contribution is -0.138. The molecule has 0 aliphatic heterocycles. The van der Waals surface area contributed by atoms with Crippen molar-refractivity contribution in [1.82, 2.24) is 0 Å². The van der Waals surface area contributed by atoms with E-state index in [0.717, 1.165) is 18.2 Å². The van der Waals surface area contributed by atoms with Crippen LogP contribution in [-0.4, -0.2) is 19.8 Å². The average Bonchev–Trinajstić information content (AvgIpc) is 2.54. The summed E-state index contributed by atoms with van der Waals surface area (Å²) in [4.78, 5) is 11.1. The van der Waals surface area contributed by atoms with Crippen molar-refractivity contribution < 1.29 is 31.8 Å². The molecular weight excluding hydrogens is 359 g/mol. The van der Waals surface area contributed by atoms with Gasteiger partial charge in [0.15, 0.2) is 0 Å². The first-order valence-electron chi connectivity index (χ1n) is 7.08. The zero-order chi connectivity index (χ0) is 18.8. The van der Waals surface area contributed by atoms with Crippen LogP contribution in [0.5, 0.6) is 0 Å². The molecule has 0 saturated carbocycles. The van der Waals surface area contributed by atoms with Crippen LogP contribution in [0.4, 0.5) is 24.5 Å². The van der Waals surface area contributed by atoms with Gasteiger partial charge in [0.1, 0.15) is 0 Å². The Morgan fingerprint density at radius 2 is 1.88 bits per heavy atom. The third-order valence-electron chi connectivity index (χ3n) is 3.51. The molecule has 9 heteroatoms. The molecule has 2 rings (SSSR count). The van der Waals surface area contributed by atoms with Crippen LogP contribution in [0.2, 0.25) is 0 Å². The highest BCUT2D eigenvalue weighted by Crippen LogP contribution is 2.39. The molecule has 0 radical (unpaired) electrons. The first-order chi connectivity index (χ1) is 11.7. The summed E-state index contributed by atoms with van der Waals surface area (Å²) in [5.41, 5.74) is -1.55. The molecule has 1 N–H and O–H groups in total. The van der Waals surface area contributed by atoms with Crippen molar-refractivity contribution in [1.29, 1.82) is 0 Å². The van der Waals surface area contributed by atoms with Gasteiger partial charge >= 0.3 is 12.1 Å². The maximum Gasteiger partial charge on any atom is 0.416 e. The third-order valence-corrected chi connectivity index (χ3v) is 4.21. The number of rotatable bonds is 5. The Labute approximate surface area is 144 Å². The Morgan fingerprint density at radius 3 is 2.40 bits per heavy atom. The Bertz CT molecular complexity index is 823. The van der Waals surface area contributed by atoms with Crippen LogP contribution in [0.25, 0.3) is 0 Å². The fourth-order valence-electron chi connectivity index (χ4n) is 2.47. The van der Waals surface area contributed by atoms with Crippen molar-refractivity contribution in [3.05, 3.63) is 59.2 Å². The highest BCUT2D eigenvalue weighted by molar-refractivity contribution is 7.81. The minimum Gasteiger partial charge on any atom is -0.755 e. The summed E-state index contributed by atoms with van der Waals surface area (Å²) in [6, 6.07) is 8.19. The Hall–Kier alpha value is -2.39. The Kier molecular flexibility index (Phi) is 5.48. The van der Waals surface area contributed by atoms with Crippen LogP contribution in [-0.2, 0) is 23.9 Å². The fourth-order valence-corrected chi connectivity index (χ4v) is 3.09. The Morgan fingerprint density at radius 1 is 1.24 bits per heavy atom. The number of alkyl halides is 3. The second-order valence-corrected chi connectivity index (χ2v) is 5.82. The molecule has 0 saturated heterocycles. The molecule has 0 amide bonds. The van der Waals surface area contributed by atoms with E-state index in [-0.39, 0.29) is 28.9 Å². The van der Waals surface area contributed by atoms with Crippen LogP contribution >= 0.6 is 0 Å². The van der Waals surface area contributed by atoms with Gasteiger partial charge in [-0.2, -0.15) is 13.2 Å². The van der Waals surface area contributed by atoms with Gasteiger partial charge in [0.05, 0.1) is 33.8 Å². The van der Waals surface area contributed by atoms with Gasteiger partial charge < -0.3 is 9.66 Å². The maximum absolute atomic E-state index is 13.2. The normalized spacial score (nSPS) is 12.7. The fraction of sp³-hybridized carbons (Fsp3) is 0.188. The molecule has 0 bridgehead atoms. The molecule has 0 aromatic heterocycles. The van der Waals surface area contributed by atoms with Crippen molar-refractivity contribution in [2.24, 2.45) is 0 Å². The molecule has 1 unspecified atom stereocenters. The van der Waals surface area contributed by atoms with Gasteiger partial charge in [0.25, 0.3) is 0 Å². The lowest BCUT2D eigenvalue weighted by Crippen LogP contribution is -2.23. The predicted molar refractivity (Wildman–Crippen MR) is 85.3 cm³/mol. The zero-order valence-corrected chi connectivity index (χ0v) is 13.7. The van der Waals surface area contributed by atoms with Gasteiger partial charge in [-0.15, -0.1) is 0 Å². The number of carboxylic acids is 1. The van der Waals surface area contributed by atoms with E-state index >= 15 is 0 Å². The van der Waals surface area contributed by atoms with Gasteiger partial charge in [-0.3, -0.25) is 8.51 Å². The summed E-state index contributed by atoms with van der Waals surface area (Å²) >= 11 is -2.95. The van der Waals surface area contributed by atoms with Gasteiger partial charge in [0.2, 0.25) is 0 Å². The molecule has 134 valence electrons. The second kappa shape index (κ2) is 7.24. The summed E-state index contributed by atoms with van der Waals surface area (Å²) in [5, 5.41) is 9.03. The number of nitrogens with zero attached hydrogens (tertiary/aromatic N) is 1. The van der Waals surface area contributed by atoms with Crippen LogP contribution in [0, 0.1) is 0 Å². The largest absolute Gasteiger partial charge is 0.755 e. The topological polar surface area (TPSA) is 80.7 Å². The van der Waals surface area contributed by atoms with Crippen LogP contribution in [0.1, 0.15) is 28.4 Å². The van der Waals surface area contributed by atoms with E-state index < -0.39 is 29.0 Å². The molecular formula is C16H13F3NO4S-. The van der Waals surface area contributed by atoms with Crippen molar-refractivity contribution in [2.45, 2.75) is 19.5 Å². The number of hydrogen-bond acceptors (Lipinski definition) is 3. The lowest BCUT2D eigenvalue weighted by atomic mass is 10.0. The number of carbonyl (C=O) groups is 1. The third kappa shape index (κ3) is 3.99. The van der Waals surface area contributed by atoms with E-state index in [1.165, 1.54) is 31.2 Å². The zero-order valence-electron chi connectivity index (χ0n) is 12.9. The van der Waals surface area contributed by atoms with Gasteiger partial charge in [0, 0.05) is 0 Å². The summed E-state index contributed by atoms with van der Waals surface area (Å²) in [6.45, 7) is 1.48. The van der Waals surface area contributed by atoms with E-state index in [0.29, 0.717) is 4.31 Å². The number of benzene rings is 2. The van der Waals surface area contributed by atoms with Gasteiger partial charge in [-0.25, -0.2) is 4.79 Å². The number of aromatic carboxylic acids is 1. The molecule has 0 heterocycles. The molecule has 5 nitrogen and oxygen atoms in total. The van der Waals surface area contributed by atoms with E-state index in [1.807, 2.05) is 0 Å². The standard InChI is InChI=1S/C16H14F3NO4S/c1-2-12-13(16(17,18)19)7-4-8-14(12)20(25(23)24)11-6-3-5-10(9-11)15(21)22/h3-9H,2H2,1H3,(H,21,22)(H,23,24)/p-1.